The van der Waals surface area contributed by atoms with Crippen molar-refractivity contribution in [1.29, 1.82) is 0 Å². The molecule has 0 amide bonds. The van der Waals surface area contributed by atoms with Crippen LogP contribution in [-0.2, 0) is 5.66 Å². The SMILES string of the molecule is NC(N)(c1ccccc1)c1ccc2c(c1-c1ccccc1)O2. The molecule has 1 aliphatic rings. The zero-order chi connectivity index (χ0) is 15.2. The molecule has 0 bridgehead atoms. The van der Waals surface area contributed by atoms with Crippen LogP contribution >= 0.6 is 0 Å². The van der Waals surface area contributed by atoms with Gasteiger partial charge in [0.1, 0.15) is 5.66 Å². The van der Waals surface area contributed by atoms with E-state index in [0.29, 0.717) is 0 Å². The molecule has 3 nitrogen and oxygen atoms in total. The third kappa shape index (κ3) is 1.99. The Balaban J connectivity index is 1.93. The van der Waals surface area contributed by atoms with Crippen LogP contribution in [0.3, 0.4) is 0 Å². The van der Waals surface area contributed by atoms with Crippen molar-refractivity contribution in [3.63, 3.8) is 0 Å². The first-order valence-corrected chi connectivity index (χ1v) is 7.22. The second kappa shape index (κ2) is 4.70. The van der Waals surface area contributed by atoms with Gasteiger partial charge >= 0.3 is 0 Å². The van der Waals surface area contributed by atoms with Crippen molar-refractivity contribution in [2.75, 3.05) is 0 Å². The summed E-state index contributed by atoms with van der Waals surface area (Å²) in [5.74, 6) is 1.77. The van der Waals surface area contributed by atoms with Crippen molar-refractivity contribution in [3.05, 3.63) is 83.9 Å². The molecule has 1 aliphatic heterocycles. The monoisotopic (exact) mass is 288 g/mol. The summed E-state index contributed by atoms with van der Waals surface area (Å²) < 4.78 is 5.58. The molecule has 0 fully saturated rings. The Morgan fingerprint density at radius 2 is 1.36 bits per heavy atom. The smallest absolute Gasteiger partial charge is 0.178 e. The first kappa shape index (κ1) is 13.1. The predicted molar refractivity (Wildman–Crippen MR) is 87.5 cm³/mol. The molecule has 0 atom stereocenters. The number of benzene rings is 3. The summed E-state index contributed by atoms with van der Waals surface area (Å²) in [4.78, 5) is 0. The van der Waals surface area contributed by atoms with E-state index in [0.717, 1.165) is 33.8 Å². The van der Waals surface area contributed by atoms with Crippen molar-refractivity contribution in [1.82, 2.24) is 0 Å². The van der Waals surface area contributed by atoms with E-state index in [9.17, 15) is 0 Å². The summed E-state index contributed by atoms with van der Waals surface area (Å²) in [5, 5.41) is 0. The van der Waals surface area contributed by atoms with E-state index in [1.165, 1.54) is 0 Å². The minimum Gasteiger partial charge on any atom is -0.449 e. The van der Waals surface area contributed by atoms with E-state index < -0.39 is 5.66 Å². The molecule has 1 heterocycles. The molecule has 3 heteroatoms. The van der Waals surface area contributed by atoms with Gasteiger partial charge in [0, 0.05) is 11.1 Å². The van der Waals surface area contributed by atoms with Crippen LogP contribution in [0.4, 0.5) is 0 Å². The van der Waals surface area contributed by atoms with Crippen LogP contribution in [-0.4, -0.2) is 0 Å². The molecule has 4 rings (SSSR count). The van der Waals surface area contributed by atoms with Gasteiger partial charge in [0.05, 0.1) is 0 Å². The van der Waals surface area contributed by atoms with Crippen molar-refractivity contribution < 1.29 is 4.74 Å². The standard InChI is InChI=1S/C19H16N2O/c20-19(21,14-9-5-2-6-10-14)15-11-12-16-18(22-16)17(15)13-7-3-1-4-8-13/h1-12H,20-21H2. The van der Waals surface area contributed by atoms with E-state index in [1.54, 1.807) is 0 Å². The minimum absolute atomic E-state index is 0.862. The lowest BCUT2D eigenvalue weighted by molar-refractivity contribution is 0.568. The van der Waals surface area contributed by atoms with Crippen LogP contribution in [0.15, 0.2) is 72.8 Å². The van der Waals surface area contributed by atoms with Gasteiger partial charge in [0.15, 0.2) is 11.5 Å². The fraction of sp³-hybridized carbons (Fsp3) is 0.0526. The van der Waals surface area contributed by atoms with Gasteiger partial charge in [-0.05, 0) is 17.2 Å². The van der Waals surface area contributed by atoms with E-state index in [-0.39, 0.29) is 0 Å². The van der Waals surface area contributed by atoms with Gasteiger partial charge in [0.2, 0.25) is 0 Å². The van der Waals surface area contributed by atoms with Gasteiger partial charge in [0.25, 0.3) is 0 Å². The highest BCUT2D eigenvalue weighted by atomic mass is 16.6. The molecular formula is C19H16N2O. The summed E-state index contributed by atoms with van der Waals surface area (Å²) in [6.45, 7) is 0. The maximum atomic E-state index is 6.51. The summed E-state index contributed by atoms with van der Waals surface area (Å²) in [6.07, 6.45) is 0. The van der Waals surface area contributed by atoms with Crippen LogP contribution < -0.4 is 16.2 Å². The molecule has 0 saturated heterocycles. The molecule has 0 unspecified atom stereocenters. The number of hydrogen-bond acceptors (Lipinski definition) is 3. The van der Waals surface area contributed by atoms with Gasteiger partial charge < -0.3 is 16.2 Å². The summed E-state index contributed by atoms with van der Waals surface area (Å²) in [5.41, 5.74) is 15.7. The van der Waals surface area contributed by atoms with Gasteiger partial charge in [-0.25, -0.2) is 0 Å². The average molecular weight is 288 g/mol. The molecule has 108 valence electrons. The van der Waals surface area contributed by atoms with Crippen molar-refractivity contribution >= 4 is 0 Å². The molecule has 0 aliphatic carbocycles. The Morgan fingerprint density at radius 1 is 0.727 bits per heavy atom. The maximum Gasteiger partial charge on any atom is 0.178 e. The fourth-order valence-corrected chi connectivity index (χ4v) is 2.84. The van der Waals surface area contributed by atoms with Gasteiger partial charge in [-0.15, -0.1) is 0 Å². The van der Waals surface area contributed by atoms with E-state index in [2.05, 4.69) is 0 Å². The molecule has 0 radical (unpaired) electrons. The number of nitrogens with two attached hydrogens (primary N) is 2. The van der Waals surface area contributed by atoms with E-state index in [1.807, 2.05) is 72.8 Å². The lowest BCUT2D eigenvalue weighted by atomic mass is 9.87. The Bertz CT molecular complexity index is 827. The lowest BCUT2D eigenvalue weighted by Gasteiger charge is -2.27. The molecule has 3 aromatic carbocycles. The van der Waals surface area contributed by atoms with Crippen LogP contribution in [0.1, 0.15) is 11.1 Å². The molecule has 3 aromatic rings. The molecule has 0 spiro atoms. The molecule has 4 N–H and O–H groups in total. The largest absolute Gasteiger partial charge is 0.449 e. The van der Waals surface area contributed by atoms with Gasteiger partial charge in [-0.1, -0.05) is 66.7 Å². The highest BCUT2D eigenvalue weighted by molar-refractivity contribution is 5.83. The third-order valence-electron chi connectivity index (χ3n) is 4.05. The molecule has 0 aromatic heterocycles. The van der Waals surface area contributed by atoms with Crippen LogP contribution in [0, 0.1) is 0 Å². The molecule has 0 saturated carbocycles. The summed E-state index contributed by atoms with van der Waals surface area (Å²) >= 11 is 0. The highest BCUT2D eigenvalue weighted by Gasteiger charge is 2.35. The average Bonchev–Trinajstić information content (AvgIpc) is 3.35. The molecule has 22 heavy (non-hydrogen) atoms. The third-order valence-corrected chi connectivity index (χ3v) is 4.05. The van der Waals surface area contributed by atoms with Crippen molar-refractivity contribution in [2.45, 2.75) is 5.66 Å². The van der Waals surface area contributed by atoms with Crippen molar-refractivity contribution in [3.8, 4) is 22.6 Å². The Labute approximate surface area is 129 Å². The summed E-state index contributed by atoms with van der Waals surface area (Å²) in [6, 6.07) is 23.7. The first-order valence-electron chi connectivity index (χ1n) is 7.22. The number of hydrogen-bond donors (Lipinski definition) is 2. The zero-order valence-corrected chi connectivity index (χ0v) is 12.0. The predicted octanol–water partition coefficient (Wildman–Crippen LogP) is 3.58. The van der Waals surface area contributed by atoms with Crippen LogP contribution in [0.5, 0.6) is 11.5 Å². The molecular weight excluding hydrogens is 272 g/mol. The summed E-state index contributed by atoms with van der Waals surface area (Å²) in [7, 11) is 0. The van der Waals surface area contributed by atoms with E-state index in [4.69, 9.17) is 16.2 Å². The Kier molecular flexibility index (Phi) is 2.79. The Hall–Kier alpha value is -2.62. The van der Waals surface area contributed by atoms with Gasteiger partial charge in [-0.2, -0.15) is 0 Å². The second-order valence-electron chi connectivity index (χ2n) is 5.52. The minimum atomic E-state index is -1.08. The lowest BCUT2D eigenvalue weighted by Crippen LogP contribution is -2.47. The maximum absolute atomic E-state index is 6.51. The first-order chi connectivity index (χ1) is 10.7. The van der Waals surface area contributed by atoms with Gasteiger partial charge in [-0.3, -0.25) is 0 Å². The fourth-order valence-electron chi connectivity index (χ4n) is 2.84. The number of fused-ring (bicyclic) bond motifs is 1. The normalized spacial score (nSPS) is 12.5. The highest BCUT2D eigenvalue weighted by Crippen LogP contribution is 2.54. The second-order valence-corrected chi connectivity index (χ2v) is 5.52. The number of ether oxygens (including phenoxy) is 1. The quantitative estimate of drug-likeness (QED) is 0.447. The Morgan fingerprint density at radius 3 is 2.05 bits per heavy atom. The van der Waals surface area contributed by atoms with Crippen LogP contribution in [0.25, 0.3) is 11.1 Å². The zero-order valence-electron chi connectivity index (χ0n) is 12.0. The van der Waals surface area contributed by atoms with Crippen molar-refractivity contribution in [2.24, 2.45) is 11.5 Å². The number of rotatable bonds is 3. The van der Waals surface area contributed by atoms with E-state index >= 15 is 0 Å². The van der Waals surface area contributed by atoms with Crippen LogP contribution in [0.2, 0.25) is 0 Å². The topological polar surface area (TPSA) is 64.6 Å².